The lowest BCUT2D eigenvalue weighted by molar-refractivity contribution is 0.101. The second-order valence-corrected chi connectivity index (χ2v) is 4.43. The highest BCUT2D eigenvalue weighted by atomic mass is 16.1. The Balaban J connectivity index is 2.26. The molecule has 0 aliphatic rings. The lowest BCUT2D eigenvalue weighted by atomic mass is 10.1. The van der Waals surface area contributed by atoms with Gasteiger partial charge in [-0.2, -0.15) is 5.10 Å². The van der Waals surface area contributed by atoms with Gasteiger partial charge in [0, 0.05) is 18.3 Å². The SMILES string of the molecule is CC(=O)c1ccc(Nc2c(C)nn(C)c2C)cc1. The molecular formula is C14H17N3O. The average Bonchev–Trinajstić information content (AvgIpc) is 2.57. The van der Waals surface area contributed by atoms with Crippen molar-refractivity contribution in [1.82, 2.24) is 9.78 Å². The topological polar surface area (TPSA) is 46.9 Å². The summed E-state index contributed by atoms with van der Waals surface area (Å²) in [6.45, 7) is 5.56. The van der Waals surface area contributed by atoms with Gasteiger partial charge in [0.05, 0.1) is 17.1 Å². The Morgan fingerprint density at radius 1 is 1.22 bits per heavy atom. The van der Waals surface area contributed by atoms with Crippen molar-refractivity contribution in [1.29, 1.82) is 0 Å². The van der Waals surface area contributed by atoms with Crippen LogP contribution in [0.5, 0.6) is 0 Å². The molecule has 0 unspecified atom stereocenters. The number of rotatable bonds is 3. The normalized spacial score (nSPS) is 10.4. The molecule has 94 valence electrons. The van der Waals surface area contributed by atoms with Crippen molar-refractivity contribution in [3.05, 3.63) is 41.2 Å². The first-order chi connectivity index (χ1) is 8.49. The smallest absolute Gasteiger partial charge is 0.159 e. The summed E-state index contributed by atoms with van der Waals surface area (Å²) in [6.07, 6.45) is 0. The van der Waals surface area contributed by atoms with Gasteiger partial charge in [-0.25, -0.2) is 0 Å². The molecule has 0 aliphatic carbocycles. The second kappa shape index (κ2) is 4.64. The van der Waals surface area contributed by atoms with Crippen molar-refractivity contribution >= 4 is 17.2 Å². The van der Waals surface area contributed by atoms with E-state index >= 15 is 0 Å². The summed E-state index contributed by atoms with van der Waals surface area (Å²) in [4.78, 5) is 11.2. The van der Waals surface area contributed by atoms with Crippen LogP contribution in [-0.2, 0) is 7.05 Å². The van der Waals surface area contributed by atoms with E-state index in [0.717, 1.165) is 28.3 Å². The van der Waals surface area contributed by atoms with Crippen molar-refractivity contribution in [3.8, 4) is 0 Å². The lowest BCUT2D eigenvalue weighted by Crippen LogP contribution is -1.96. The van der Waals surface area contributed by atoms with Crippen LogP contribution in [0.25, 0.3) is 0 Å². The molecule has 1 aromatic heterocycles. The van der Waals surface area contributed by atoms with Crippen molar-refractivity contribution in [2.45, 2.75) is 20.8 Å². The van der Waals surface area contributed by atoms with E-state index in [0.29, 0.717) is 0 Å². The minimum atomic E-state index is 0.0790. The summed E-state index contributed by atoms with van der Waals surface area (Å²) in [6, 6.07) is 7.46. The Labute approximate surface area is 107 Å². The highest BCUT2D eigenvalue weighted by molar-refractivity contribution is 5.94. The third-order valence-electron chi connectivity index (χ3n) is 3.07. The van der Waals surface area contributed by atoms with Crippen molar-refractivity contribution in [2.75, 3.05) is 5.32 Å². The number of hydrogen-bond acceptors (Lipinski definition) is 3. The molecule has 0 spiro atoms. The van der Waals surface area contributed by atoms with Gasteiger partial charge in [-0.05, 0) is 45.0 Å². The summed E-state index contributed by atoms with van der Waals surface area (Å²) in [7, 11) is 1.92. The molecule has 0 bridgehead atoms. The Morgan fingerprint density at radius 2 is 1.83 bits per heavy atom. The van der Waals surface area contributed by atoms with E-state index < -0.39 is 0 Å². The Kier molecular flexibility index (Phi) is 3.19. The van der Waals surface area contributed by atoms with Gasteiger partial charge in [0.1, 0.15) is 0 Å². The zero-order chi connectivity index (χ0) is 13.3. The minimum absolute atomic E-state index is 0.0790. The van der Waals surface area contributed by atoms with Crippen LogP contribution in [0.1, 0.15) is 28.7 Å². The number of nitrogens with one attached hydrogen (secondary N) is 1. The predicted molar refractivity (Wildman–Crippen MR) is 72.4 cm³/mol. The standard InChI is InChI=1S/C14H17N3O/c1-9-14(10(2)17(4)16-9)15-13-7-5-12(6-8-13)11(3)18/h5-8,15H,1-4H3. The zero-order valence-corrected chi connectivity index (χ0v) is 11.1. The molecule has 0 radical (unpaired) electrons. The third kappa shape index (κ3) is 2.27. The van der Waals surface area contributed by atoms with Gasteiger partial charge in [-0.15, -0.1) is 0 Å². The second-order valence-electron chi connectivity index (χ2n) is 4.43. The van der Waals surface area contributed by atoms with E-state index in [1.54, 1.807) is 6.92 Å². The maximum atomic E-state index is 11.2. The number of ketones is 1. The number of hydrogen-bond donors (Lipinski definition) is 1. The predicted octanol–water partition coefficient (Wildman–Crippen LogP) is 2.98. The van der Waals surface area contributed by atoms with Gasteiger partial charge in [0.2, 0.25) is 0 Å². The minimum Gasteiger partial charge on any atom is -0.353 e. The molecule has 2 aromatic rings. The largest absolute Gasteiger partial charge is 0.353 e. The molecule has 0 atom stereocenters. The maximum Gasteiger partial charge on any atom is 0.159 e. The fourth-order valence-electron chi connectivity index (χ4n) is 1.89. The van der Waals surface area contributed by atoms with Gasteiger partial charge < -0.3 is 5.32 Å². The summed E-state index contributed by atoms with van der Waals surface area (Å²) in [5.74, 6) is 0.0790. The summed E-state index contributed by atoms with van der Waals surface area (Å²) in [5, 5.41) is 7.69. The molecule has 18 heavy (non-hydrogen) atoms. The Morgan fingerprint density at radius 3 is 2.28 bits per heavy atom. The van der Waals surface area contributed by atoms with Gasteiger partial charge in [0.15, 0.2) is 5.78 Å². The Bertz CT molecular complexity index is 582. The van der Waals surface area contributed by atoms with Crippen LogP contribution in [0, 0.1) is 13.8 Å². The molecule has 0 amide bonds. The van der Waals surface area contributed by atoms with Crippen LogP contribution >= 0.6 is 0 Å². The molecule has 0 saturated carbocycles. The first-order valence-corrected chi connectivity index (χ1v) is 5.87. The van der Waals surface area contributed by atoms with Gasteiger partial charge >= 0.3 is 0 Å². The van der Waals surface area contributed by atoms with Gasteiger partial charge in [0.25, 0.3) is 0 Å². The monoisotopic (exact) mass is 243 g/mol. The number of nitrogens with zero attached hydrogens (tertiary/aromatic N) is 2. The van der Waals surface area contributed by atoms with Crippen molar-refractivity contribution in [2.24, 2.45) is 7.05 Å². The molecule has 1 heterocycles. The summed E-state index contributed by atoms with van der Waals surface area (Å²) in [5.41, 5.74) is 4.75. The van der Waals surface area contributed by atoms with E-state index in [1.807, 2.05) is 49.8 Å². The molecule has 1 aromatic carbocycles. The number of benzene rings is 1. The number of Topliss-reactive ketones (excluding diaryl/α,β-unsaturated/α-hetero) is 1. The number of carbonyl (C=O) groups excluding carboxylic acids is 1. The molecule has 4 nitrogen and oxygen atoms in total. The highest BCUT2D eigenvalue weighted by Gasteiger charge is 2.09. The number of anilines is 2. The van der Waals surface area contributed by atoms with E-state index in [9.17, 15) is 4.79 Å². The number of aryl methyl sites for hydroxylation is 2. The van der Waals surface area contributed by atoms with Crippen LogP contribution in [0.2, 0.25) is 0 Å². The number of carbonyl (C=O) groups is 1. The lowest BCUT2D eigenvalue weighted by Gasteiger charge is -2.07. The summed E-state index contributed by atoms with van der Waals surface area (Å²) < 4.78 is 1.85. The molecule has 0 fully saturated rings. The van der Waals surface area contributed by atoms with Crippen LogP contribution in [0.3, 0.4) is 0 Å². The van der Waals surface area contributed by atoms with E-state index in [-0.39, 0.29) is 5.78 Å². The fraction of sp³-hybridized carbons (Fsp3) is 0.286. The van der Waals surface area contributed by atoms with Crippen molar-refractivity contribution in [3.63, 3.8) is 0 Å². The molecule has 0 saturated heterocycles. The summed E-state index contributed by atoms with van der Waals surface area (Å²) >= 11 is 0. The van der Waals surface area contributed by atoms with Gasteiger partial charge in [-0.1, -0.05) is 0 Å². The van der Waals surface area contributed by atoms with E-state index in [4.69, 9.17) is 0 Å². The fourth-order valence-corrected chi connectivity index (χ4v) is 1.89. The third-order valence-corrected chi connectivity index (χ3v) is 3.07. The first-order valence-electron chi connectivity index (χ1n) is 5.87. The quantitative estimate of drug-likeness (QED) is 0.843. The first kappa shape index (κ1) is 12.4. The van der Waals surface area contributed by atoms with E-state index in [2.05, 4.69) is 10.4 Å². The van der Waals surface area contributed by atoms with Crippen LogP contribution in [0.15, 0.2) is 24.3 Å². The molecule has 4 heteroatoms. The maximum absolute atomic E-state index is 11.2. The van der Waals surface area contributed by atoms with E-state index in [1.165, 1.54) is 0 Å². The molecule has 0 aliphatic heterocycles. The van der Waals surface area contributed by atoms with Crippen LogP contribution in [0.4, 0.5) is 11.4 Å². The van der Waals surface area contributed by atoms with Crippen LogP contribution in [-0.4, -0.2) is 15.6 Å². The highest BCUT2D eigenvalue weighted by Crippen LogP contribution is 2.23. The molecule has 2 rings (SSSR count). The molecular weight excluding hydrogens is 226 g/mol. The number of aromatic nitrogens is 2. The zero-order valence-electron chi connectivity index (χ0n) is 11.1. The Hall–Kier alpha value is -2.10. The van der Waals surface area contributed by atoms with Crippen molar-refractivity contribution < 1.29 is 4.79 Å². The molecule has 1 N–H and O–H groups in total. The average molecular weight is 243 g/mol. The van der Waals surface area contributed by atoms with Gasteiger partial charge in [-0.3, -0.25) is 9.48 Å². The van der Waals surface area contributed by atoms with Crippen LogP contribution < -0.4 is 5.32 Å².